The van der Waals surface area contributed by atoms with Crippen molar-refractivity contribution in [2.24, 2.45) is 11.8 Å². The third-order valence-electron chi connectivity index (χ3n) is 2.94. The number of nitrogens with zero attached hydrogens (tertiary/aromatic N) is 1. The standard InChI is InChI=1S/C12H17NO2/c1-13(14)5-2-6-15-9-12-8-10-3-4-11(12)7-10/h3-5,8,10-11H,2,6-7,9H2,1H3/b13-5-. The van der Waals surface area contributed by atoms with Crippen LogP contribution in [-0.2, 0) is 4.74 Å². The fourth-order valence-electron chi connectivity index (χ4n) is 2.19. The highest BCUT2D eigenvalue weighted by molar-refractivity contribution is 5.51. The summed E-state index contributed by atoms with van der Waals surface area (Å²) in [5, 5.41) is 10.6. The van der Waals surface area contributed by atoms with E-state index in [1.165, 1.54) is 19.0 Å². The minimum Gasteiger partial charge on any atom is -0.624 e. The molecule has 0 N–H and O–H groups in total. The first-order valence-corrected chi connectivity index (χ1v) is 5.45. The highest BCUT2D eigenvalue weighted by Gasteiger charge is 2.27. The molecule has 2 aliphatic rings. The first-order chi connectivity index (χ1) is 7.25. The molecule has 2 rings (SSSR count). The zero-order chi connectivity index (χ0) is 10.7. The van der Waals surface area contributed by atoms with Crippen molar-refractivity contribution in [1.29, 1.82) is 0 Å². The Kier molecular flexibility index (Phi) is 3.21. The maximum absolute atomic E-state index is 10.6. The van der Waals surface area contributed by atoms with Gasteiger partial charge in [0, 0.05) is 12.3 Å². The lowest BCUT2D eigenvalue weighted by molar-refractivity contribution is -0.418. The molecule has 2 bridgehead atoms. The smallest absolute Gasteiger partial charge is 0.152 e. The van der Waals surface area contributed by atoms with E-state index in [1.54, 1.807) is 6.21 Å². The van der Waals surface area contributed by atoms with Gasteiger partial charge in [-0.25, -0.2) is 4.74 Å². The van der Waals surface area contributed by atoms with Gasteiger partial charge in [0.15, 0.2) is 6.21 Å². The minimum absolute atomic E-state index is 0.626. The SMILES string of the molecule is C/[N+]([O-])=C/CCOCC1=CC2C=CC1C2. The van der Waals surface area contributed by atoms with E-state index in [0.717, 1.165) is 11.3 Å². The Labute approximate surface area is 90.3 Å². The fraction of sp³-hybridized carbons (Fsp3) is 0.583. The molecule has 0 aromatic heterocycles. The number of hydrogen-bond donors (Lipinski definition) is 0. The molecule has 0 spiro atoms. The van der Waals surface area contributed by atoms with Crippen molar-refractivity contribution in [2.75, 3.05) is 20.3 Å². The summed E-state index contributed by atoms with van der Waals surface area (Å²) in [7, 11) is 1.49. The third kappa shape index (κ3) is 2.69. The zero-order valence-electron chi connectivity index (χ0n) is 9.06. The number of rotatable bonds is 5. The normalized spacial score (nSPS) is 28.6. The van der Waals surface area contributed by atoms with Gasteiger partial charge in [0.1, 0.15) is 7.05 Å². The molecule has 3 nitrogen and oxygen atoms in total. The monoisotopic (exact) mass is 207 g/mol. The Balaban J connectivity index is 1.63. The van der Waals surface area contributed by atoms with Gasteiger partial charge >= 0.3 is 0 Å². The molecule has 0 fully saturated rings. The van der Waals surface area contributed by atoms with Crippen molar-refractivity contribution in [3.8, 4) is 0 Å². The van der Waals surface area contributed by atoms with E-state index in [9.17, 15) is 5.21 Å². The number of hydroxylamine groups is 1. The van der Waals surface area contributed by atoms with Gasteiger partial charge in [0.05, 0.1) is 13.2 Å². The lowest BCUT2D eigenvalue weighted by Crippen LogP contribution is -2.06. The van der Waals surface area contributed by atoms with Gasteiger partial charge in [0.2, 0.25) is 0 Å². The van der Waals surface area contributed by atoms with Crippen molar-refractivity contribution in [2.45, 2.75) is 12.8 Å². The van der Waals surface area contributed by atoms with E-state index >= 15 is 0 Å². The molecule has 0 aromatic rings. The summed E-state index contributed by atoms with van der Waals surface area (Å²) in [5.74, 6) is 1.29. The molecule has 0 amide bonds. The van der Waals surface area contributed by atoms with E-state index in [1.807, 2.05) is 0 Å². The van der Waals surface area contributed by atoms with E-state index < -0.39 is 0 Å². The molecule has 0 heterocycles. The summed E-state index contributed by atoms with van der Waals surface area (Å²) in [4.78, 5) is 0. The van der Waals surface area contributed by atoms with Crippen molar-refractivity contribution >= 4 is 6.21 Å². The third-order valence-corrected chi connectivity index (χ3v) is 2.94. The predicted octanol–water partition coefficient (Wildman–Crippen LogP) is 1.74. The molecule has 0 saturated carbocycles. The minimum atomic E-state index is 0.626. The number of hydrogen-bond acceptors (Lipinski definition) is 2. The Morgan fingerprint density at radius 1 is 1.60 bits per heavy atom. The summed E-state index contributed by atoms with van der Waals surface area (Å²) in [5.41, 5.74) is 1.41. The van der Waals surface area contributed by atoms with Gasteiger partial charge in [0.25, 0.3) is 0 Å². The molecule has 3 heteroatoms. The highest BCUT2D eigenvalue weighted by atomic mass is 16.5. The predicted molar refractivity (Wildman–Crippen MR) is 59.9 cm³/mol. The van der Waals surface area contributed by atoms with Crippen LogP contribution >= 0.6 is 0 Å². The van der Waals surface area contributed by atoms with Crippen LogP contribution in [0.3, 0.4) is 0 Å². The van der Waals surface area contributed by atoms with Crippen LogP contribution in [0, 0.1) is 17.0 Å². The highest BCUT2D eigenvalue weighted by Crippen LogP contribution is 2.38. The molecule has 15 heavy (non-hydrogen) atoms. The van der Waals surface area contributed by atoms with Crippen LogP contribution in [0.1, 0.15) is 12.8 Å². The van der Waals surface area contributed by atoms with Gasteiger partial charge in [-0.05, 0) is 17.9 Å². The van der Waals surface area contributed by atoms with E-state index in [0.29, 0.717) is 24.9 Å². The van der Waals surface area contributed by atoms with Crippen LogP contribution in [0.15, 0.2) is 23.8 Å². The summed E-state index contributed by atoms with van der Waals surface area (Å²) in [6, 6.07) is 0. The van der Waals surface area contributed by atoms with E-state index in [2.05, 4.69) is 18.2 Å². The Morgan fingerprint density at radius 2 is 2.47 bits per heavy atom. The van der Waals surface area contributed by atoms with Crippen LogP contribution in [0.5, 0.6) is 0 Å². The Bertz CT molecular complexity index is 314. The van der Waals surface area contributed by atoms with Crippen molar-refractivity contribution in [3.05, 3.63) is 29.0 Å². The number of fused-ring (bicyclic) bond motifs is 2. The van der Waals surface area contributed by atoms with Crippen LogP contribution < -0.4 is 0 Å². The number of ether oxygens (including phenoxy) is 1. The average molecular weight is 207 g/mol. The molecule has 2 unspecified atom stereocenters. The first-order valence-electron chi connectivity index (χ1n) is 5.45. The largest absolute Gasteiger partial charge is 0.624 e. The lowest BCUT2D eigenvalue weighted by atomic mass is 10.0. The van der Waals surface area contributed by atoms with Crippen LogP contribution in [-0.4, -0.2) is 31.2 Å². The van der Waals surface area contributed by atoms with Gasteiger partial charge in [-0.1, -0.05) is 18.2 Å². The van der Waals surface area contributed by atoms with Crippen molar-refractivity contribution < 1.29 is 9.48 Å². The molecule has 2 aliphatic carbocycles. The Morgan fingerprint density at radius 3 is 3.07 bits per heavy atom. The van der Waals surface area contributed by atoms with Gasteiger partial charge in [-0.2, -0.15) is 0 Å². The second-order valence-corrected chi connectivity index (χ2v) is 4.20. The molecule has 0 saturated heterocycles. The lowest BCUT2D eigenvalue weighted by Gasteiger charge is -2.09. The van der Waals surface area contributed by atoms with E-state index in [4.69, 9.17) is 4.74 Å². The quantitative estimate of drug-likeness (QED) is 0.172. The maximum atomic E-state index is 10.6. The van der Waals surface area contributed by atoms with Crippen LogP contribution in [0.4, 0.5) is 0 Å². The molecular weight excluding hydrogens is 190 g/mol. The van der Waals surface area contributed by atoms with Gasteiger partial charge in [-0.15, -0.1) is 0 Å². The second-order valence-electron chi connectivity index (χ2n) is 4.20. The fourth-order valence-corrected chi connectivity index (χ4v) is 2.19. The summed E-state index contributed by atoms with van der Waals surface area (Å²) >= 11 is 0. The average Bonchev–Trinajstić information content (AvgIpc) is 2.78. The zero-order valence-corrected chi connectivity index (χ0v) is 9.06. The Hall–Kier alpha value is -1.09. The van der Waals surface area contributed by atoms with E-state index in [-0.39, 0.29) is 0 Å². The summed E-state index contributed by atoms with van der Waals surface area (Å²) in [6.45, 7) is 1.35. The summed E-state index contributed by atoms with van der Waals surface area (Å²) in [6.07, 6.45) is 10.4. The maximum Gasteiger partial charge on any atom is 0.152 e. The molecule has 0 aromatic carbocycles. The van der Waals surface area contributed by atoms with Crippen LogP contribution in [0.25, 0.3) is 0 Å². The van der Waals surface area contributed by atoms with Crippen molar-refractivity contribution in [3.63, 3.8) is 0 Å². The molecular formula is C12H17NO2. The first kappa shape index (κ1) is 10.4. The van der Waals surface area contributed by atoms with Gasteiger partial charge < -0.3 is 9.94 Å². The van der Waals surface area contributed by atoms with Crippen LogP contribution in [0.2, 0.25) is 0 Å². The molecule has 0 aliphatic heterocycles. The topological polar surface area (TPSA) is 35.3 Å². The molecule has 82 valence electrons. The summed E-state index contributed by atoms with van der Waals surface area (Å²) < 4.78 is 6.34. The number of allylic oxidation sites excluding steroid dienone is 3. The second kappa shape index (κ2) is 4.62. The van der Waals surface area contributed by atoms with Crippen molar-refractivity contribution in [1.82, 2.24) is 0 Å². The van der Waals surface area contributed by atoms with Gasteiger partial charge in [-0.3, -0.25) is 0 Å². The molecule has 2 atom stereocenters. The molecule has 0 radical (unpaired) electrons.